The number of pyridine rings is 2. The summed E-state index contributed by atoms with van der Waals surface area (Å²) in [4.78, 5) is 14.3. The molecule has 3 aromatic rings. The molecule has 0 saturated carbocycles. The number of nitrogens with one attached hydrogen (secondary N) is 1. The molecule has 23 heavy (non-hydrogen) atoms. The van der Waals surface area contributed by atoms with E-state index in [1.54, 1.807) is 6.20 Å². The zero-order valence-electron chi connectivity index (χ0n) is 12.8. The van der Waals surface area contributed by atoms with E-state index in [9.17, 15) is 5.26 Å². The zero-order chi connectivity index (χ0) is 15.6. The number of piperidine rings is 1. The molecule has 4 rings (SSSR count). The van der Waals surface area contributed by atoms with Crippen molar-refractivity contribution >= 4 is 16.9 Å². The van der Waals surface area contributed by atoms with E-state index in [1.165, 1.54) is 19.3 Å². The fourth-order valence-electron chi connectivity index (χ4n) is 3.21. The maximum absolute atomic E-state index is 9.34. The number of fused-ring (bicyclic) bond motifs is 1. The van der Waals surface area contributed by atoms with E-state index in [0.29, 0.717) is 5.69 Å². The zero-order valence-corrected chi connectivity index (χ0v) is 12.8. The van der Waals surface area contributed by atoms with Crippen LogP contribution in [-0.4, -0.2) is 28.0 Å². The Balaban J connectivity index is 1.83. The van der Waals surface area contributed by atoms with Gasteiger partial charge >= 0.3 is 0 Å². The van der Waals surface area contributed by atoms with Gasteiger partial charge in [0, 0.05) is 36.4 Å². The Morgan fingerprint density at radius 1 is 1.17 bits per heavy atom. The first-order valence-corrected chi connectivity index (χ1v) is 7.95. The number of nitrogens with zero attached hydrogens (tertiary/aromatic N) is 4. The molecule has 0 aliphatic carbocycles. The van der Waals surface area contributed by atoms with E-state index >= 15 is 0 Å². The smallest absolute Gasteiger partial charge is 0.143 e. The molecule has 5 nitrogen and oxygen atoms in total. The van der Waals surface area contributed by atoms with Crippen molar-refractivity contribution in [2.75, 3.05) is 18.0 Å². The van der Waals surface area contributed by atoms with Gasteiger partial charge in [-0.3, -0.25) is 0 Å². The average molecular weight is 303 g/mol. The topological polar surface area (TPSA) is 68.6 Å². The van der Waals surface area contributed by atoms with E-state index in [0.717, 1.165) is 41.1 Å². The monoisotopic (exact) mass is 303 g/mol. The number of nitriles is 1. The van der Waals surface area contributed by atoms with Crippen molar-refractivity contribution in [1.82, 2.24) is 15.0 Å². The Morgan fingerprint density at radius 3 is 2.87 bits per heavy atom. The number of aromatic nitrogens is 3. The molecular formula is C18H17N5. The highest BCUT2D eigenvalue weighted by molar-refractivity contribution is 5.94. The molecule has 0 amide bonds. The molecule has 0 bridgehead atoms. The van der Waals surface area contributed by atoms with Gasteiger partial charge in [0.1, 0.15) is 23.2 Å². The van der Waals surface area contributed by atoms with Crippen LogP contribution in [0.2, 0.25) is 0 Å². The van der Waals surface area contributed by atoms with E-state index in [1.807, 2.05) is 24.4 Å². The molecule has 1 aliphatic heterocycles. The third-order valence-corrected chi connectivity index (χ3v) is 4.37. The lowest BCUT2D eigenvalue weighted by Gasteiger charge is -2.28. The number of hydrogen-bond acceptors (Lipinski definition) is 4. The Hall–Kier alpha value is -2.87. The molecule has 5 heteroatoms. The standard InChI is InChI=1S/C18H17N5/c19-11-14-9-13(10-17(22-14)23-7-2-1-3-8-23)16-12-21-18-15(16)5-4-6-20-18/h4-6,9-10,12H,1-3,7-8H2,(H,20,21). The van der Waals surface area contributed by atoms with Gasteiger partial charge in [0.2, 0.25) is 0 Å². The highest BCUT2D eigenvalue weighted by Gasteiger charge is 2.16. The van der Waals surface area contributed by atoms with Crippen LogP contribution in [0, 0.1) is 11.3 Å². The summed E-state index contributed by atoms with van der Waals surface area (Å²) in [7, 11) is 0. The molecule has 0 aromatic carbocycles. The Morgan fingerprint density at radius 2 is 2.04 bits per heavy atom. The Labute approximate surface area is 134 Å². The van der Waals surface area contributed by atoms with Gasteiger partial charge in [-0.15, -0.1) is 0 Å². The predicted molar refractivity (Wildman–Crippen MR) is 90.1 cm³/mol. The van der Waals surface area contributed by atoms with Crippen LogP contribution in [-0.2, 0) is 0 Å². The summed E-state index contributed by atoms with van der Waals surface area (Å²) in [5.74, 6) is 0.900. The summed E-state index contributed by atoms with van der Waals surface area (Å²) < 4.78 is 0. The van der Waals surface area contributed by atoms with Crippen molar-refractivity contribution in [1.29, 1.82) is 5.26 Å². The van der Waals surface area contributed by atoms with Crippen molar-refractivity contribution in [3.8, 4) is 17.2 Å². The molecule has 0 atom stereocenters. The third kappa shape index (κ3) is 2.53. The van der Waals surface area contributed by atoms with Crippen LogP contribution in [0.4, 0.5) is 5.82 Å². The van der Waals surface area contributed by atoms with Crippen molar-refractivity contribution in [2.24, 2.45) is 0 Å². The van der Waals surface area contributed by atoms with E-state index in [-0.39, 0.29) is 0 Å². The second kappa shape index (κ2) is 5.73. The fourth-order valence-corrected chi connectivity index (χ4v) is 3.21. The van der Waals surface area contributed by atoms with Gasteiger partial charge in [0.05, 0.1) is 0 Å². The van der Waals surface area contributed by atoms with Gasteiger partial charge in [0.25, 0.3) is 0 Å². The maximum atomic E-state index is 9.34. The summed E-state index contributed by atoms with van der Waals surface area (Å²) in [6.07, 6.45) is 7.37. The number of anilines is 1. The lowest BCUT2D eigenvalue weighted by Crippen LogP contribution is -2.30. The van der Waals surface area contributed by atoms with Crippen LogP contribution in [0.25, 0.3) is 22.2 Å². The van der Waals surface area contributed by atoms with Crippen LogP contribution >= 0.6 is 0 Å². The van der Waals surface area contributed by atoms with E-state index in [2.05, 4.69) is 32.0 Å². The molecule has 0 spiro atoms. The number of aromatic amines is 1. The number of hydrogen-bond donors (Lipinski definition) is 1. The van der Waals surface area contributed by atoms with Crippen LogP contribution < -0.4 is 4.90 Å². The van der Waals surface area contributed by atoms with Crippen LogP contribution in [0.1, 0.15) is 25.0 Å². The molecule has 0 unspecified atom stereocenters. The molecule has 0 radical (unpaired) electrons. The Bertz CT molecular complexity index is 884. The summed E-state index contributed by atoms with van der Waals surface area (Å²) in [6, 6.07) is 10.1. The quantitative estimate of drug-likeness (QED) is 0.787. The predicted octanol–water partition coefficient (Wildman–Crippen LogP) is 3.49. The normalized spacial score (nSPS) is 14.8. The molecule has 1 N–H and O–H groups in total. The summed E-state index contributed by atoms with van der Waals surface area (Å²) in [5.41, 5.74) is 3.39. The SMILES string of the molecule is N#Cc1cc(-c2c[nH]c3ncccc23)cc(N2CCCCC2)n1. The van der Waals surface area contributed by atoms with Crippen molar-refractivity contribution in [2.45, 2.75) is 19.3 Å². The molecule has 1 aliphatic rings. The molecule has 1 saturated heterocycles. The number of rotatable bonds is 2. The van der Waals surface area contributed by atoms with Crippen LogP contribution in [0.3, 0.4) is 0 Å². The van der Waals surface area contributed by atoms with Crippen molar-refractivity contribution in [3.05, 3.63) is 42.4 Å². The Kier molecular flexibility index (Phi) is 3.43. The lowest BCUT2D eigenvalue weighted by molar-refractivity contribution is 0.573. The second-order valence-electron chi connectivity index (χ2n) is 5.86. The molecule has 114 valence electrons. The van der Waals surface area contributed by atoms with Gasteiger partial charge in [-0.05, 0) is 49.1 Å². The highest BCUT2D eigenvalue weighted by Crippen LogP contribution is 2.31. The van der Waals surface area contributed by atoms with Crippen LogP contribution in [0.5, 0.6) is 0 Å². The second-order valence-corrected chi connectivity index (χ2v) is 5.86. The number of H-pyrrole nitrogens is 1. The highest BCUT2D eigenvalue weighted by atomic mass is 15.2. The minimum absolute atomic E-state index is 0.460. The molecular weight excluding hydrogens is 286 g/mol. The largest absolute Gasteiger partial charge is 0.357 e. The lowest BCUT2D eigenvalue weighted by atomic mass is 10.1. The first-order valence-electron chi connectivity index (χ1n) is 7.95. The molecule has 3 aromatic heterocycles. The third-order valence-electron chi connectivity index (χ3n) is 4.37. The first-order chi connectivity index (χ1) is 11.3. The minimum atomic E-state index is 0.460. The van der Waals surface area contributed by atoms with Gasteiger partial charge in [0.15, 0.2) is 0 Å². The van der Waals surface area contributed by atoms with Gasteiger partial charge in [-0.25, -0.2) is 9.97 Å². The molecule has 1 fully saturated rings. The van der Waals surface area contributed by atoms with Gasteiger partial charge in [-0.2, -0.15) is 5.26 Å². The summed E-state index contributed by atoms with van der Waals surface area (Å²) in [5, 5.41) is 10.4. The first kappa shape index (κ1) is 13.8. The van der Waals surface area contributed by atoms with Crippen LogP contribution in [0.15, 0.2) is 36.7 Å². The van der Waals surface area contributed by atoms with E-state index < -0.39 is 0 Å². The molecule has 4 heterocycles. The maximum Gasteiger partial charge on any atom is 0.143 e. The fraction of sp³-hybridized carbons (Fsp3) is 0.278. The summed E-state index contributed by atoms with van der Waals surface area (Å²) in [6.45, 7) is 2.02. The van der Waals surface area contributed by atoms with Gasteiger partial charge < -0.3 is 9.88 Å². The van der Waals surface area contributed by atoms with Crippen molar-refractivity contribution < 1.29 is 0 Å². The van der Waals surface area contributed by atoms with E-state index in [4.69, 9.17) is 0 Å². The summed E-state index contributed by atoms with van der Waals surface area (Å²) >= 11 is 0. The van der Waals surface area contributed by atoms with Gasteiger partial charge in [-0.1, -0.05) is 0 Å². The average Bonchev–Trinajstić information content (AvgIpc) is 3.06. The van der Waals surface area contributed by atoms with Crippen molar-refractivity contribution in [3.63, 3.8) is 0 Å². The minimum Gasteiger partial charge on any atom is -0.357 e.